The molecule has 1 aliphatic heterocycles. The molecule has 0 bridgehead atoms. The Bertz CT molecular complexity index is 1260. The summed E-state index contributed by atoms with van der Waals surface area (Å²) in [5.74, 6) is -0.334. The Hall–Kier alpha value is -3.85. The van der Waals surface area contributed by atoms with Gasteiger partial charge in [-0.05, 0) is 17.7 Å². The number of amides is 2. The van der Waals surface area contributed by atoms with Crippen LogP contribution in [0.5, 0.6) is 0 Å². The molecule has 0 spiro atoms. The first kappa shape index (κ1) is 21.0. The standard InChI is InChI=1S/C24H22N6O2S/c31-23(27-14-21-26-11-13-33-21)22-19-16-29(24(32)18-6-9-25-10-7-18)12-8-20(19)30(28-22)15-17-4-2-1-3-5-17/h1-7,9-11,13H,8,12,14-16H2,(H,27,31). The van der Waals surface area contributed by atoms with E-state index in [1.54, 1.807) is 35.6 Å². The Kier molecular flexibility index (Phi) is 5.95. The highest BCUT2D eigenvalue weighted by Gasteiger charge is 2.30. The van der Waals surface area contributed by atoms with Gasteiger partial charge in [0.25, 0.3) is 11.8 Å². The number of thiazole rings is 1. The zero-order chi connectivity index (χ0) is 22.6. The molecule has 4 heterocycles. The van der Waals surface area contributed by atoms with Crippen LogP contribution in [0.15, 0.2) is 66.4 Å². The molecule has 0 saturated carbocycles. The third-order valence-electron chi connectivity index (χ3n) is 5.62. The lowest BCUT2D eigenvalue weighted by atomic mass is 10.0. The van der Waals surface area contributed by atoms with E-state index >= 15 is 0 Å². The van der Waals surface area contributed by atoms with Crippen molar-refractivity contribution >= 4 is 23.2 Å². The maximum absolute atomic E-state index is 13.1. The monoisotopic (exact) mass is 458 g/mol. The summed E-state index contributed by atoms with van der Waals surface area (Å²) < 4.78 is 1.90. The molecule has 0 saturated heterocycles. The lowest BCUT2D eigenvalue weighted by Crippen LogP contribution is -2.37. The number of nitrogens with one attached hydrogen (secondary N) is 1. The molecule has 9 heteroatoms. The average molecular weight is 459 g/mol. The van der Waals surface area contributed by atoms with E-state index in [1.165, 1.54) is 11.3 Å². The number of benzene rings is 1. The summed E-state index contributed by atoms with van der Waals surface area (Å²) in [5.41, 5.74) is 3.85. The summed E-state index contributed by atoms with van der Waals surface area (Å²) in [6.45, 7) is 1.82. The molecule has 0 aliphatic carbocycles. The number of pyridine rings is 1. The van der Waals surface area contributed by atoms with Gasteiger partial charge < -0.3 is 10.2 Å². The quantitative estimate of drug-likeness (QED) is 0.480. The van der Waals surface area contributed by atoms with E-state index in [0.29, 0.717) is 43.9 Å². The van der Waals surface area contributed by atoms with Crippen molar-refractivity contribution in [1.29, 1.82) is 0 Å². The number of rotatable bonds is 6. The van der Waals surface area contributed by atoms with Gasteiger partial charge >= 0.3 is 0 Å². The van der Waals surface area contributed by atoms with Crippen LogP contribution in [-0.4, -0.2) is 43.0 Å². The third-order valence-corrected chi connectivity index (χ3v) is 6.40. The fourth-order valence-corrected chi connectivity index (χ4v) is 4.55. The number of carbonyl (C=O) groups is 2. The zero-order valence-corrected chi connectivity index (χ0v) is 18.7. The Morgan fingerprint density at radius 3 is 2.64 bits per heavy atom. The molecule has 166 valence electrons. The fraction of sp³-hybridized carbons (Fsp3) is 0.208. The van der Waals surface area contributed by atoms with Crippen LogP contribution in [-0.2, 0) is 26.1 Å². The van der Waals surface area contributed by atoms with E-state index < -0.39 is 0 Å². The van der Waals surface area contributed by atoms with E-state index in [4.69, 9.17) is 5.10 Å². The van der Waals surface area contributed by atoms with Gasteiger partial charge in [-0.15, -0.1) is 11.3 Å². The first-order valence-electron chi connectivity index (χ1n) is 10.7. The molecule has 3 aromatic heterocycles. The Morgan fingerprint density at radius 2 is 1.88 bits per heavy atom. The zero-order valence-electron chi connectivity index (χ0n) is 17.8. The number of fused-ring (bicyclic) bond motifs is 1. The Balaban J connectivity index is 1.43. The van der Waals surface area contributed by atoms with E-state index in [1.807, 2.05) is 40.4 Å². The Morgan fingerprint density at radius 1 is 1.06 bits per heavy atom. The van der Waals surface area contributed by atoms with E-state index in [-0.39, 0.29) is 11.8 Å². The molecule has 33 heavy (non-hydrogen) atoms. The smallest absolute Gasteiger partial charge is 0.272 e. The molecule has 2 amide bonds. The predicted molar refractivity (Wildman–Crippen MR) is 124 cm³/mol. The van der Waals surface area contributed by atoms with Crippen LogP contribution < -0.4 is 5.32 Å². The first-order valence-corrected chi connectivity index (χ1v) is 11.6. The Labute approximate surface area is 194 Å². The first-order chi connectivity index (χ1) is 16.2. The van der Waals surface area contributed by atoms with Gasteiger partial charge in [0.15, 0.2) is 5.69 Å². The van der Waals surface area contributed by atoms with Crippen LogP contribution in [0.1, 0.15) is 42.7 Å². The van der Waals surface area contributed by atoms with Crippen molar-refractivity contribution < 1.29 is 9.59 Å². The fourth-order valence-electron chi connectivity index (χ4n) is 3.99. The van der Waals surface area contributed by atoms with Crippen LogP contribution in [0, 0.1) is 0 Å². The normalized spacial score (nSPS) is 12.9. The van der Waals surface area contributed by atoms with Gasteiger partial charge in [-0.1, -0.05) is 30.3 Å². The van der Waals surface area contributed by atoms with Gasteiger partial charge in [0.05, 0.1) is 19.6 Å². The van der Waals surface area contributed by atoms with E-state index in [9.17, 15) is 9.59 Å². The summed E-state index contributed by atoms with van der Waals surface area (Å²) >= 11 is 1.49. The highest BCUT2D eigenvalue weighted by Crippen LogP contribution is 2.25. The largest absolute Gasteiger partial charge is 0.344 e. The molecule has 0 fully saturated rings. The van der Waals surface area contributed by atoms with Gasteiger partial charge in [-0.2, -0.15) is 5.10 Å². The van der Waals surface area contributed by atoms with E-state index in [2.05, 4.69) is 15.3 Å². The van der Waals surface area contributed by atoms with Crippen molar-refractivity contribution in [2.24, 2.45) is 0 Å². The highest BCUT2D eigenvalue weighted by atomic mass is 32.1. The maximum atomic E-state index is 13.1. The lowest BCUT2D eigenvalue weighted by molar-refractivity contribution is 0.0730. The van der Waals surface area contributed by atoms with Gasteiger partial charge in [-0.25, -0.2) is 4.98 Å². The third kappa shape index (κ3) is 4.54. The van der Waals surface area contributed by atoms with Crippen molar-refractivity contribution in [2.75, 3.05) is 6.54 Å². The summed E-state index contributed by atoms with van der Waals surface area (Å²) in [5, 5.41) is 10.3. The molecule has 0 radical (unpaired) electrons. The van der Waals surface area contributed by atoms with Crippen LogP contribution >= 0.6 is 11.3 Å². The average Bonchev–Trinajstić information content (AvgIpc) is 3.51. The van der Waals surface area contributed by atoms with Crippen molar-refractivity contribution in [3.05, 3.63) is 99.5 Å². The summed E-state index contributed by atoms with van der Waals surface area (Å²) in [6, 6.07) is 13.4. The predicted octanol–water partition coefficient (Wildman–Crippen LogP) is 2.91. The minimum absolute atomic E-state index is 0.0759. The number of aromatic nitrogens is 4. The van der Waals surface area contributed by atoms with E-state index in [0.717, 1.165) is 21.8 Å². The molecule has 1 aromatic carbocycles. The van der Waals surface area contributed by atoms with Crippen molar-refractivity contribution in [2.45, 2.75) is 26.1 Å². The van der Waals surface area contributed by atoms with Gasteiger partial charge in [-0.3, -0.25) is 19.3 Å². The van der Waals surface area contributed by atoms with Gasteiger partial charge in [0.1, 0.15) is 5.01 Å². The molecular weight excluding hydrogens is 436 g/mol. The molecule has 0 atom stereocenters. The van der Waals surface area contributed by atoms with Crippen molar-refractivity contribution in [3.8, 4) is 0 Å². The van der Waals surface area contributed by atoms with Gasteiger partial charge in [0, 0.05) is 53.8 Å². The molecule has 5 rings (SSSR count). The van der Waals surface area contributed by atoms with Crippen LogP contribution in [0.4, 0.5) is 0 Å². The van der Waals surface area contributed by atoms with Crippen LogP contribution in [0.3, 0.4) is 0 Å². The number of hydrogen-bond donors (Lipinski definition) is 1. The second kappa shape index (κ2) is 9.33. The molecule has 0 unspecified atom stereocenters. The SMILES string of the molecule is O=C(NCc1nccs1)c1nn(Cc2ccccc2)c2c1CN(C(=O)c1ccncc1)CC2. The molecule has 1 N–H and O–H groups in total. The molecule has 8 nitrogen and oxygen atoms in total. The molecule has 4 aromatic rings. The minimum Gasteiger partial charge on any atom is -0.344 e. The summed E-state index contributed by atoms with van der Waals surface area (Å²) in [4.78, 5) is 36.1. The van der Waals surface area contributed by atoms with Crippen LogP contribution in [0.2, 0.25) is 0 Å². The molecular formula is C24H22N6O2S. The topological polar surface area (TPSA) is 93.0 Å². The second-order valence-corrected chi connectivity index (χ2v) is 8.72. The van der Waals surface area contributed by atoms with Gasteiger partial charge in [0.2, 0.25) is 0 Å². The van der Waals surface area contributed by atoms with Crippen molar-refractivity contribution in [1.82, 2.24) is 30.0 Å². The highest BCUT2D eigenvalue weighted by molar-refractivity contribution is 7.09. The number of carbonyl (C=O) groups excluding carboxylic acids is 2. The number of nitrogens with zero attached hydrogens (tertiary/aromatic N) is 5. The minimum atomic E-state index is -0.258. The van der Waals surface area contributed by atoms with Crippen molar-refractivity contribution in [3.63, 3.8) is 0 Å². The number of hydrogen-bond acceptors (Lipinski definition) is 6. The molecule has 1 aliphatic rings. The lowest BCUT2D eigenvalue weighted by Gasteiger charge is -2.28. The maximum Gasteiger partial charge on any atom is 0.272 e. The van der Waals surface area contributed by atoms with Crippen LogP contribution in [0.25, 0.3) is 0 Å². The summed E-state index contributed by atoms with van der Waals surface area (Å²) in [6.07, 6.45) is 5.56. The summed E-state index contributed by atoms with van der Waals surface area (Å²) in [7, 11) is 0. The second-order valence-electron chi connectivity index (χ2n) is 7.74.